The molecule has 5 nitrogen and oxygen atoms in total. The van der Waals surface area contributed by atoms with Gasteiger partial charge < -0.3 is 19.9 Å². The highest BCUT2D eigenvalue weighted by molar-refractivity contribution is 5.72. The number of nitrogens with one attached hydrogen (secondary N) is 1. The summed E-state index contributed by atoms with van der Waals surface area (Å²) in [5, 5.41) is 11.9. The van der Waals surface area contributed by atoms with Crippen molar-refractivity contribution in [3.05, 3.63) is 77.1 Å². The Morgan fingerprint density at radius 3 is 2.46 bits per heavy atom. The molecule has 0 radical (unpaired) electrons. The molecular formula is C29H32FNO4. The number of aliphatic carboxylic acids is 1. The minimum absolute atomic E-state index is 0.0817. The van der Waals surface area contributed by atoms with Crippen LogP contribution in [0.1, 0.15) is 48.8 Å². The van der Waals surface area contributed by atoms with Crippen LogP contribution in [0.5, 0.6) is 11.5 Å². The van der Waals surface area contributed by atoms with E-state index in [2.05, 4.69) is 43.4 Å². The van der Waals surface area contributed by atoms with Crippen molar-refractivity contribution in [1.82, 2.24) is 0 Å². The van der Waals surface area contributed by atoms with Gasteiger partial charge in [-0.25, -0.2) is 9.18 Å². The van der Waals surface area contributed by atoms with Gasteiger partial charge in [-0.3, -0.25) is 0 Å². The van der Waals surface area contributed by atoms with Crippen LogP contribution in [-0.2, 0) is 11.3 Å². The Balaban J connectivity index is 1.44. The molecule has 0 saturated heterocycles. The van der Waals surface area contributed by atoms with E-state index in [9.17, 15) is 9.18 Å². The molecule has 3 aromatic carbocycles. The van der Waals surface area contributed by atoms with Gasteiger partial charge >= 0.3 is 5.97 Å². The largest absolute Gasteiger partial charge is 0.490 e. The van der Waals surface area contributed by atoms with Gasteiger partial charge in [0.25, 0.3) is 0 Å². The summed E-state index contributed by atoms with van der Waals surface area (Å²) in [4.78, 5) is 10.6. The predicted molar refractivity (Wildman–Crippen MR) is 136 cm³/mol. The fraction of sp³-hybridized carbons (Fsp3) is 0.345. The molecule has 0 amide bonds. The number of hydrogen-bond acceptors (Lipinski definition) is 4. The highest BCUT2D eigenvalue weighted by Gasteiger charge is 2.16. The molecule has 3 aromatic rings. The molecule has 0 heterocycles. The van der Waals surface area contributed by atoms with E-state index in [0.29, 0.717) is 18.3 Å². The van der Waals surface area contributed by atoms with Crippen molar-refractivity contribution in [3.8, 4) is 22.6 Å². The maximum Gasteiger partial charge on any atom is 0.341 e. The maximum atomic E-state index is 14.2. The SMILES string of the molecule is Cc1cc(OC2CCCCC2)cc(C)c1-c1cccc(CNc2ccc(OCC(=O)O)c(F)c2)c1. The fourth-order valence-electron chi connectivity index (χ4n) is 4.73. The Kier molecular flexibility index (Phi) is 7.91. The highest BCUT2D eigenvalue weighted by Crippen LogP contribution is 2.33. The van der Waals surface area contributed by atoms with Crippen molar-refractivity contribution >= 4 is 11.7 Å². The second-order valence-corrected chi connectivity index (χ2v) is 9.19. The number of hydrogen-bond donors (Lipinski definition) is 2. The third-order valence-electron chi connectivity index (χ3n) is 6.36. The Morgan fingerprint density at radius 1 is 1.03 bits per heavy atom. The third-order valence-corrected chi connectivity index (χ3v) is 6.36. The first-order chi connectivity index (χ1) is 16.9. The highest BCUT2D eigenvalue weighted by atomic mass is 19.1. The average molecular weight is 478 g/mol. The van der Waals surface area contributed by atoms with Crippen molar-refractivity contribution in [2.45, 2.75) is 58.6 Å². The molecule has 1 fully saturated rings. The van der Waals surface area contributed by atoms with E-state index in [4.69, 9.17) is 14.6 Å². The van der Waals surface area contributed by atoms with Gasteiger partial charge in [0.2, 0.25) is 0 Å². The smallest absolute Gasteiger partial charge is 0.341 e. The molecule has 1 aliphatic rings. The number of benzene rings is 3. The van der Waals surface area contributed by atoms with E-state index < -0.39 is 18.4 Å². The molecule has 0 aromatic heterocycles. The molecule has 1 aliphatic carbocycles. The molecule has 0 atom stereocenters. The topological polar surface area (TPSA) is 67.8 Å². The number of carbonyl (C=O) groups is 1. The fourth-order valence-corrected chi connectivity index (χ4v) is 4.73. The van der Waals surface area contributed by atoms with E-state index >= 15 is 0 Å². The minimum atomic E-state index is -1.15. The number of ether oxygens (including phenoxy) is 2. The quantitative estimate of drug-likeness (QED) is 0.351. The normalized spacial score (nSPS) is 13.9. The molecule has 0 spiro atoms. The number of aryl methyl sites for hydroxylation is 2. The Hall–Kier alpha value is -3.54. The number of carboxylic acid groups (broad SMARTS) is 1. The van der Waals surface area contributed by atoms with Gasteiger partial charge in [0.15, 0.2) is 18.2 Å². The summed E-state index contributed by atoms with van der Waals surface area (Å²) in [6.07, 6.45) is 6.40. The third kappa shape index (κ3) is 6.53. The molecule has 4 rings (SSSR count). The first kappa shape index (κ1) is 24.6. The van der Waals surface area contributed by atoms with Crippen LogP contribution in [0.15, 0.2) is 54.6 Å². The molecule has 2 N–H and O–H groups in total. The molecule has 35 heavy (non-hydrogen) atoms. The molecule has 1 saturated carbocycles. The van der Waals surface area contributed by atoms with Crippen molar-refractivity contribution < 1.29 is 23.8 Å². The zero-order valence-electron chi connectivity index (χ0n) is 20.3. The van der Waals surface area contributed by atoms with E-state index in [0.717, 1.165) is 29.7 Å². The molecule has 6 heteroatoms. The summed E-state index contributed by atoms with van der Waals surface area (Å²) in [5.41, 5.74) is 6.35. The van der Waals surface area contributed by atoms with Crippen molar-refractivity contribution in [3.63, 3.8) is 0 Å². The summed E-state index contributed by atoms with van der Waals surface area (Å²) in [7, 11) is 0. The zero-order valence-corrected chi connectivity index (χ0v) is 20.3. The lowest BCUT2D eigenvalue weighted by molar-refractivity contribution is -0.139. The van der Waals surface area contributed by atoms with Crippen LogP contribution in [-0.4, -0.2) is 23.8 Å². The number of halogens is 1. The van der Waals surface area contributed by atoms with Crippen LogP contribution in [0.25, 0.3) is 11.1 Å². The van der Waals surface area contributed by atoms with Crippen molar-refractivity contribution in [2.24, 2.45) is 0 Å². The summed E-state index contributed by atoms with van der Waals surface area (Å²) in [5.74, 6) is -0.886. The van der Waals surface area contributed by atoms with Crippen molar-refractivity contribution in [1.29, 1.82) is 0 Å². The van der Waals surface area contributed by atoms with Gasteiger partial charge in [0, 0.05) is 18.3 Å². The van der Waals surface area contributed by atoms with Gasteiger partial charge in [-0.15, -0.1) is 0 Å². The predicted octanol–water partition coefficient (Wildman–Crippen LogP) is 6.90. The van der Waals surface area contributed by atoms with E-state index in [1.165, 1.54) is 48.1 Å². The molecule has 0 bridgehead atoms. The monoisotopic (exact) mass is 477 g/mol. The molecule has 0 aliphatic heterocycles. The Morgan fingerprint density at radius 2 is 1.77 bits per heavy atom. The second-order valence-electron chi connectivity index (χ2n) is 9.19. The minimum Gasteiger partial charge on any atom is -0.490 e. The van der Waals surface area contributed by atoms with Crippen LogP contribution >= 0.6 is 0 Å². The number of carboxylic acids is 1. The van der Waals surface area contributed by atoms with Crippen LogP contribution < -0.4 is 14.8 Å². The van der Waals surface area contributed by atoms with E-state index in [-0.39, 0.29) is 5.75 Å². The first-order valence-corrected chi connectivity index (χ1v) is 12.1. The number of anilines is 1. The maximum absolute atomic E-state index is 14.2. The van der Waals surface area contributed by atoms with Gasteiger partial charge in [-0.05, 0) is 97.7 Å². The van der Waals surface area contributed by atoms with Gasteiger partial charge in [-0.1, -0.05) is 24.6 Å². The van der Waals surface area contributed by atoms with Crippen LogP contribution in [0, 0.1) is 19.7 Å². The van der Waals surface area contributed by atoms with Crippen LogP contribution in [0.2, 0.25) is 0 Å². The summed E-state index contributed by atoms with van der Waals surface area (Å²) in [6, 6.07) is 17.0. The lowest BCUT2D eigenvalue weighted by atomic mass is 9.94. The average Bonchev–Trinajstić information content (AvgIpc) is 2.82. The second kappa shape index (κ2) is 11.3. The van der Waals surface area contributed by atoms with Gasteiger partial charge in [0.05, 0.1) is 6.10 Å². The number of rotatable bonds is 9. The molecular weight excluding hydrogens is 445 g/mol. The summed E-state index contributed by atoms with van der Waals surface area (Å²) < 4.78 is 25.4. The Bertz CT molecular complexity index is 1160. The molecule has 184 valence electrons. The lowest BCUT2D eigenvalue weighted by Crippen LogP contribution is -2.19. The van der Waals surface area contributed by atoms with E-state index in [1.54, 1.807) is 6.07 Å². The lowest BCUT2D eigenvalue weighted by Gasteiger charge is -2.24. The van der Waals surface area contributed by atoms with Gasteiger partial charge in [0.1, 0.15) is 5.75 Å². The zero-order chi connectivity index (χ0) is 24.8. The molecule has 0 unspecified atom stereocenters. The Labute approximate surface area is 205 Å². The van der Waals surface area contributed by atoms with Crippen molar-refractivity contribution in [2.75, 3.05) is 11.9 Å². The van der Waals surface area contributed by atoms with Crippen LogP contribution in [0.4, 0.5) is 10.1 Å². The summed E-state index contributed by atoms with van der Waals surface area (Å²) in [6.45, 7) is 4.18. The first-order valence-electron chi connectivity index (χ1n) is 12.1. The standard InChI is InChI=1S/C29H32FNO4/c1-19-13-25(35-24-9-4-3-5-10-24)14-20(2)29(19)22-8-6-7-21(15-22)17-31-23-11-12-27(26(30)16-23)34-18-28(32)33/h6-8,11-16,24,31H,3-5,9-10,17-18H2,1-2H3,(H,32,33). The van der Waals surface area contributed by atoms with E-state index in [1.807, 2.05) is 12.1 Å². The van der Waals surface area contributed by atoms with Gasteiger partial charge in [-0.2, -0.15) is 0 Å². The van der Waals surface area contributed by atoms with Crippen LogP contribution in [0.3, 0.4) is 0 Å². The summed E-state index contributed by atoms with van der Waals surface area (Å²) >= 11 is 0.